The van der Waals surface area contributed by atoms with Gasteiger partial charge in [-0.3, -0.25) is 4.79 Å². The summed E-state index contributed by atoms with van der Waals surface area (Å²) in [4.78, 5) is 12.3. The fourth-order valence-electron chi connectivity index (χ4n) is 5.00. The Morgan fingerprint density at radius 3 is 1.90 bits per heavy atom. The van der Waals surface area contributed by atoms with Crippen molar-refractivity contribution in [3.8, 4) is 5.75 Å². The van der Waals surface area contributed by atoms with Crippen LogP contribution < -0.4 is 4.74 Å². The maximum atomic E-state index is 12.3. The highest BCUT2D eigenvalue weighted by molar-refractivity contribution is 5.69. The van der Waals surface area contributed by atoms with Crippen molar-refractivity contribution in [2.45, 2.75) is 116 Å². The molecule has 0 spiro atoms. The summed E-state index contributed by atoms with van der Waals surface area (Å²) >= 11 is 0. The van der Waals surface area contributed by atoms with Crippen LogP contribution in [0.2, 0.25) is 0 Å². The molecule has 0 saturated heterocycles. The molecule has 0 N–H and O–H groups in total. The third-order valence-electron chi connectivity index (χ3n) is 7.43. The van der Waals surface area contributed by atoms with Gasteiger partial charge in [-0.2, -0.15) is 0 Å². The minimum atomic E-state index is -0.178. The summed E-state index contributed by atoms with van der Waals surface area (Å²) < 4.78 is 12.2. The number of quaternary nitrogens is 1. The molecule has 0 aliphatic rings. The van der Waals surface area contributed by atoms with Crippen LogP contribution in [-0.4, -0.2) is 43.8 Å². The molecule has 2 aromatic carbocycles. The molecule has 0 saturated carbocycles. The van der Waals surface area contributed by atoms with Crippen molar-refractivity contribution in [2.24, 2.45) is 0 Å². The van der Waals surface area contributed by atoms with Gasteiger partial charge < -0.3 is 14.0 Å². The van der Waals surface area contributed by atoms with Gasteiger partial charge >= 0.3 is 5.97 Å². The second kappa shape index (κ2) is 19.7. The fraction of sp³-hybridized carbons (Fsp3) is 0.629. The van der Waals surface area contributed by atoms with Gasteiger partial charge in [0.1, 0.15) is 25.0 Å². The first-order valence-corrected chi connectivity index (χ1v) is 15.6. The van der Waals surface area contributed by atoms with Crippen molar-refractivity contribution in [2.75, 3.05) is 27.2 Å². The third kappa shape index (κ3) is 16.4. The minimum absolute atomic E-state index is 0.164. The second-order valence-corrected chi connectivity index (χ2v) is 11.9. The minimum Gasteiger partial charge on any atom is -0.487 e. The molecule has 0 radical (unpaired) electrons. The zero-order chi connectivity index (χ0) is 28.2. The number of hydrogen-bond acceptors (Lipinski definition) is 3. The van der Waals surface area contributed by atoms with Gasteiger partial charge in [-0.15, -0.1) is 0 Å². The van der Waals surface area contributed by atoms with Gasteiger partial charge in [0.2, 0.25) is 0 Å². The molecule has 4 nitrogen and oxygen atoms in total. The highest BCUT2D eigenvalue weighted by Gasteiger charge is 2.19. The quantitative estimate of drug-likeness (QED) is 0.0853. The molecular formula is C35H56NO3+. The van der Waals surface area contributed by atoms with Gasteiger partial charge in [-0.05, 0) is 37.5 Å². The van der Waals surface area contributed by atoms with E-state index in [0.29, 0.717) is 6.42 Å². The fourth-order valence-corrected chi connectivity index (χ4v) is 5.00. The first-order valence-electron chi connectivity index (χ1n) is 15.6. The highest BCUT2D eigenvalue weighted by Crippen LogP contribution is 2.17. The summed E-state index contributed by atoms with van der Waals surface area (Å²) in [6, 6.07) is 18.8. The predicted molar refractivity (Wildman–Crippen MR) is 164 cm³/mol. The number of unbranched alkanes of at least 4 members (excludes halogenated alkanes) is 11. The van der Waals surface area contributed by atoms with Crippen LogP contribution in [0, 0.1) is 0 Å². The lowest BCUT2D eigenvalue weighted by atomic mass is 10.0. The van der Waals surface area contributed by atoms with Crippen molar-refractivity contribution >= 4 is 5.97 Å². The van der Waals surface area contributed by atoms with Gasteiger partial charge in [-0.1, -0.05) is 120 Å². The van der Waals surface area contributed by atoms with E-state index in [2.05, 4.69) is 57.4 Å². The molecule has 0 amide bonds. The van der Waals surface area contributed by atoms with E-state index in [0.717, 1.165) is 29.7 Å². The first kappa shape index (κ1) is 32.9. The maximum Gasteiger partial charge on any atom is 0.311 e. The van der Waals surface area contributed by atoms with Gasteiger partial charge in [0, 0.05) is 5.56 Å². The molecule has 39 heavy (non-hydrogen) atoms. The lowest BCUT2D eigenvalue weighted by molar-refractivity contribution is -0.903. The van der Waals surface area contributed by atoms with Crippen LogP contribution in [0.25, 0.3) is 0 Å². The number of esters is 1. The molecule has 0 aliphatic heterocycles. The standard InChI is InChI=1S/C35H56NO3/c1-5-6-7-8-9-10-11-12-13-14-15-17-20-32-23-25-34(26-24-32)39-31(2)30-38-35(37)27-28-36(3,4)29-33-21-18-16-19-22-33/h16,18-19,21-26,31H,5-15,17,20,27-30H2,1-4H3/q+1. The molecule has 0 aromatic heterocycles. The number of aryl methyl sites for hydroxylation is 1. The van der Waals surface area contributed by atoms with Crippen LogP contribution in [0.15, 0.2) is 54.6 Å². The summed E-state index contributed by atoms with van der Waals surface area (Å²) in [6.07, 6.45) is 17.9. The summed E-state index contributed by atoms with van der Waals surface area (Å²) in [5.41, 5.74) is 2.64. The van der Waals surface area contributed by atoms with E-state index in [9.17, 15) is 4.79 Å². The number of rotatable bonds is 22. The number of carbonyl (C=O) groups is 1. The van der Waals surface area contributed by atoms with Gasteiger partial charge in [0.15, 0.2) is 0 Å². The lowest BCUT2D eigenvalue weighted by Crippen LogP contribution is -2.40. The van der Waals surface area contributed by atoms with Crippen LogP contribution in [0.1, 0.15) is 108 Å². The number of hydrogen-bond donors (Lipinski definition) is 0. The van der Waals surface area contributed by atoms with E-state index in [1.54, 1.807) is 0 Å². The second-order valence-electron chi connectivity index (χ2n) is 11.9. The van der Waals surface area contributed by atoms with E-state index in [4.69, 9.17) is 9.47 Å². The molecule has 0 fully saturated rings. The van der Waals surface area contributed by atoms with Crippen LogP contribution in [0.5, 0.6) is 5.75 Å². The topological polar surface area (TPSA) is 35.5 Å². The first-order chi connectivity index (χ1) is 18.9. The van der Waals surface area contributed by atoms with Crippen LogP contribution >= 0.6 is 0 Å². The molecule has 1 atom stereocenters. The monoisotopic (exact) mass is 538 g/mol. The predicted octanol–water partition coefficient (Wildman–Crippen LogP) is 8.91. The third-order valence-corrected chi connectivity index (χ3v) is 7.43. The average Bonchev–Trinajstić information content (AvgIpc) is 2.92. The molecule has 0 heterocycles. The van der Waals surface area contributed by atoms with Crippen molar-refractivity contribution < 1.29 is 18.8 Å². The summed E-state index contributed by atoms with van der Waals surface area (Å²) in [5, 5.41) is 0. The largest absolute Gasteiger partial charge is 0.487 e. The molecule has 2 rings (SSSR count). The van der Waals surface area contributed by atoms with Crippen molar-refractivity contribution in [3.05, 3.63) is 65.7 Å². The SMILES string of the molecule is CCCCCCCCCCCCCCc1ccc(OC(C)COC(=O)CC[N+](C)(C)Cc2ccccc2)cc1. The lowest BCUT2D eigenvalue weighted by Gasteiger charge is -2.29. The molecule has 218 valence electrons. The Morgan fingerprint density at radius 1 is 0.744 bits per heavy atom. The Labute approximate surface area is 239 Å². The maximum absolute atomic E-state index is 12.3. The number of carbonyl (C=O) groups excluding carboxylic acids is 1. The van der Waals surface area contributed by atoms with Gasteiger partial charge in [-0.25, -0.2) is 0 Å². The summed E-state index contributed by atoms with van der Waals surface area (Å²) in [5.74, 6) is 0.667. The van der Waals surface area contributed by atoms with Crippen LogP contribution in [0.3, 0.4) is 0 Å². The Morgan fingerprint density at radius 2 is 1.31 bits per heavy atom. The van der Waals surface area contributed by atoms with Crippen molar-refractivity contribution in [1.29, 1.82) is 0 Å². The van der Waals surface area contributed by atoms with Crippen LogP contribution in [-0.2, 0) is 22.5 Å². The van der Waals surface area contributed by atoms with Gasteiger partial charge in [0.05, 0.1) is 27.1 Å². The molecule has 1 unspecified atom stereocenters. The van der Waals surface area contributed by atoms with E-state index in [1.807, 2.05) is 25.1 Å². The molecule has 2 aromatic rings. The molecule has 0 bridgehead atoms. The Kier molecular flexibility index (Phi) is 16.6. The number of nitrogens with zero attached hydrogens (tertiary/aromatic N) is 1. The van der Waals surface area contributed by atoms with E-state index in [1.165, 1.54) is 88.2 Å². The molecule has 0 aliphatic carbocycles. The number of ether oxygens (including phenoxy) is 2. The number of benzene rings is 2. The average molecular weight is 539 g/mol. The Hall–Kier alpha value is -2.33. The Bertz CT molecular complexity index is 879. The van der Waals surface area contributed by atoms with E-state index < -0.39 is 0 Å². The van der Waals surface area contributed by atoms with Crippen LogP contribution in [0.4, 0.5) is 0 Å². The summed E-state index contributed by atoms with van der Waals surface area (Å²) in [7, 11) is 4.29. The van der Waals surface area contributed by atoms with Crippen molar-refractivity contribution in [1.82, 2.24) is 0 Å². The summed E-state index contributed by atoms with van der Waals surface area (Å²) in [6.45, 7) is 6.13. The smallest absolute Gasteiger partial charge is 0.311 e. The van der Waals surface area contributed by atoms with E-state index in [-0.39, 0.29) is 18.7 Å². The zero-order valence-electron chi connectivity index (χ0n) is 25.5. The highest BCUT2D eigenvalue weighted by atomic mass is 16.6. The zero-order valence-corrected chi connectivity index (χ0v) is 25.5. The van der Waals surface area contributed by atoms with Crippen molar-refractivity contribution in [3.63, 3.8) is 0 Å². The molecular weight excluding hydrogens is 482 g/mol. The Balaban J connectivity index is 1.51. The normalized spacial score (nSPS) is 12.3. The van der Waals surface area contributed by atoms with Gasteiger partial charge in [0.25, 0.3) is 0 Å². The molecule has 4 heteroatoms. The van der Waals surface area contributed by atoms with E-state index >= 15 is 0 Å².